The van der Waals surface area contributed by atoms with Crippen molar-refractivity contribution in [1.82, 2.24) is 20.4 Å². The van der Waals surface area contributed by atoms with Crippen molar-refractivity contribution >= 4 is 34.5 Å². The van der Waals surface area contributed by atoms with Crippen LogP contribution in [0.5, 0.6) is 0 Å². The van der Waals surface area contributed by atoms with Gasteiger partial charge in [0.1, 0.15) is 0 Å². The third-order valence-electron chi connectivity index (χ3n) is 6.16. The Morgan fingerprint density at radius 3 is 2.71 bits per heavy atom. The first-order chi connectivity index (χ1) is 15.1. The smallest absolute Gasteiger partial charge is 0.259 e. The number of likely N-dealkylation sites (tertiary alicyclic amines) is 1. The molecule has 1 atom stereocenters. The van der Waals surface area contributed by atoms with Crippen LogP contribution in [0.4, 0.5) is 0 Å². The van der Waals surface area contributed by atoms with E-state index in [9.17, 15) is 9.59 Å². The monoisotopic (exact) mass is 438 g/mol. The number of benzene rings is 1. The number of hydrogen-bond donors (Lipinski definition) is 1. The zero-order valence-electron chi connectivity index (χ0n) is 17.2. The van der Waals surface area contributed by atoms with Gasteiger partial charge >= 0.3 is 0 Å². The Morgan fingerprint density at radius 2 is 1.97 bits per heavy atom. The van der Waals surface area contributed by atoms with E-state index in [1.807, 2.05) is 18.2 Å². The first-order valence-electron chi connectivity index (χ1n) is 10.6. The Labute approximate surface area is 184 Å². The molecule has 1 saturated carbocycles. The highest BCUT2D eigenvalue weighted by atomic mass is 35.5. The quantitative estimate of drug-likeness (QED) is 0.661. The molecular weight excluding hydrogens is 416 g/mol. The van der Waals surface area contributed by atoms with Gasteiger partial charge in [-0.15, -0.1) is 0 Å². The van der Waals surface area contributed by atoms with Crippen LogP contribution in [-0.4, -0.2) is 47.0 Å². The second-order valence-corrected chi connectivity index (χ2v) is 8.67. The van der Waals surface area contributed by atoms with E-state index in [1.165, 1.54) is 0 Å². The van der Waals surface area contributed by atoms with Crippen molar-refractivity contribution in [2.45, 2.75) is 37.5 Å². The maximum atomic E-state index is 13.1. The standard InChI is InChI=1S/C23H23ClN4O3/c1-25-21(29)16-11-18(13-8-9-13)26-22-19(16)20(27-31-22)14-5-4-10-28(12-14)23(30)15-6-2-3-7-17(15)24/h2-3,6-7,11,13-14H,4-5,8-10,12H2,1H3,(H,25,29). The number of aromatic nitrogens is 2. The molecule has 8 heteroatoms. The lowest BCUT2D eigenvalue weighted by atomic mass is 9.91. The predicted octanol–water partition coefficient (Wildman–Crippen LogP) is 4.13. The molecule has 5 rings (SSSR count). The summed E-state index contributed by atoms with van der Waals surface area (Å²) in [5.41, 5.74) is 3.01. The average molecular weight is 439 g/mol. The topological polar surface area (TPSA) is 88.3 Å². The van der Waals surface area contributed by atoms with Crippen LogP contribution < -0.4 is 5.32 Å². The highest BCUT2D eigenvalue weighted by Gasteiger charge is 2.33. The number of nitrogens with zero attached hydrogens (tertiary/aromatic N) is 3. The lowest BCUT2D eigenvalue weighted by Crippen LogP contribution is -2.39. The van der Waals surface area contributed by atoms with Gasteiger partial charge in [-0.2, -0.15) is 0 Å². The largest absolute Gasteiger partial charge is 0.355 e. The fourth-order valence-corrected chi connectivity index (χ4v) is 4.58. The minimum atomic E-state index is -0.182. The fourth-order valence-electron chi connectivity index (χ4n) is 4.36. The average Bonchev–Trinajstić information content (AvgIpc) is 3.57. The van der Waals surface area contributed by atoms with Crippen molar-refractivity contribution in [3.05, 3.63) is 57.9 Å². The molecule has 1 N–H and O–H groups in total. The van der Waals surface area contributed by atoms with Crippen molar-refractivity contribution in [2.24, 2.45) is 0 Å². The molecule has 3 heterocycles. The summed E-state index contributed by atoms with van der Waals surface area (Å²) in [6.07, 6.45) is 3.84. The van der Waals surface area contributed by atoms with Gasteiger partial charge in [-0.1, -0.05) is 28.9 Å². The fraction of sp³-hybridized carbons (Fsp3) is 0.391. The number of pyridine rings is 1. The van der Waals surface area contributed by atoms with Crippen LogP contribution in [-0.2, 0) is 0 Å². The Bertz CT molecular complexity index is 1170. The number of fused-ring (bicyclic) bond motifs is 1. The first-order valence-corrected chi connectivity index (χ1v) is 11.0. The molecule has 7 nitrogen and oxygen atoms in total. The SMILES string of the molecule is CNC(=O)c1cc(C2CC2)nc2onc(C3CCCN(C(=O)c4ccccc4Cl)C3)c12. The molecule has 0 spiro atoms. The first kappa shape index (κ1) is 20.0. The molecule has 2 fully saturated rings. The molecule has 0 radical (unpaired) electrons. The molecule has 1 aliphatic heterocycles. The number of amides is 2. The molecule has 1 unspecified atom stereocenters. The minimum absolute atomic E-state index is 0.0431. The maximum Gasteiger partial charge on any atom is 0.259 e. The third kappa shape index (κ3) is 3.67. The Kier molecular flexibility index (Phi) is 5.14. The van der Waals surface area contributed by atoms with E-state index in [0.717, 1.165) is 31.4 Å². The van der Waals surface area contributed by atoms with E-state index < -0.39 is 0 Å². The zero-order chi connectivity index (χ0) is 21.5. The maximum absolute atomic E-state index is 13.1. The van der Waals surface area contributed by atoms with Gasteiger partial charge in [-0.25, -0.2) is 4.98 Å². The molecular formula is C23H23ClN4O3. The molecule has 31 heavy (non-hydrogen) atoms. The Balaban J connectivity index is 1.49. The van der Waals surface area contributed by atoms with E-state index in [0.29, 0.717) is 52.0 Å². The van der Waals surface area contributed by atoms with Crippen molar-refractivity contribution in [3.8, 4) is 0 Å². The lowest BCUT2D eigenvalue weighted by molar-refractivity contribution is 0.0705. The number of halogens is 1. The van der Waals surface area contributed by atoms with Crippen LogP contribution in [0.2, 0.25) is 5.02 Å². The van der Waals surface area contributed by atoms with E-state index in [1.54, 1.807) is 24.1 Å². The van der Waals surface area contributed by atoms with E-state index in [-0.39, 0.29) is 17.7 Å². The highest BCUT2D eigenvalue weighted by molar-refractivity contribution is 6.33. The van der Waals surface area contributed by atoms with Gasteiger partial charge in [0.25, 0.3) is 17.5 Å². The minimum Gasteiger partial charge on any atom is -0.355 e. The van der Waals surface area contributed by atoms with Crippen molar-refractivity contribution < 1.29 is 14.1 Å². The van der Waals surface area contributed by atoms with Gasteiger partial charge in [0.05, 0.1) is 27.2 Å². The van der Waals surface area contributed by atoms with Crippen LogP contribution >= 0.6 is 11.6 Å². The van der Waals surface area contributed by atoms with Gasteiger partial charge in [-0.05, 0) is 43.9 Å². The highest BCUT2D eigenvalue weighted by Crippen LogP contribution is 2.41. The second kappa shape index (κ2) is 7.96. The van der Waals surface area contributed by atoms with Crippen LogP contribution in [0, 0.1) is 0 Å². The third-order valence-corrected chi connectivity index (χ3v) is 6.49. The number of piperidine rings is 1. The number of rotatable bonds is 4. The summed E-state index contributed by atoms with van der Waals surface area (Å²) in [6.45, 7) is 1.14. The number of hydrogen-bond acceptors (Lipinski definition) is 5. The molecule has 3 aromatic rings. The molecule has 1 aliphatic carbocycles. The summed E-state index contributed by atoms with van der Waals surface area (Å²) in [4.78, 5) is 32.2. The number of nitrogens with one attached hydrogen (secondary N) is 1. The van der Waals surface area contributed by atoms with E-state index >= 15 is 0 Å². The number of carbonyl (C=O) groups excluding carboxylic acids is 2. The van der Waals surface area contributed by atoms with Gasteiger partial charge in [-0.3, -0.25) is 9.59 Å². The summed E-state index contributed by atoms with van der Waals surface area (Å²) in [5.74, 6) is 0.0699. The van der Waals surface area contributed by atoms with Crippen LogP contribution in [0.1, 0.15) is 69.6 Å². The van der Waals surface area contributed by atoms with Crippen molar-refractivity contribution in [1.29, 1.82) is 0 Å². The normalized spacial score (nSPS) is 18.9. The van der Waals surface area contributed by atoms with Crippen LogP contribution in [0.25, 0.3) is 11.1 Å². The lowest BCUT2D eigenvalue weighted by Gasteiger charge is -2.32. The van der Waals surface area contributed by atoms with E-state index in [2.05, 4.69) is 15.5 Å². The summed E-state index contributed by atoms with van der Waals surface area (Å²) in [6, 6.07) is 8.95. The van der Waals surface area contributed by atoms with Gasteiger partial charge in [0.15, 0.2) is 0 Å². The van der Waals surface area contributed by atoms with Crippen molar-refractivity contribution in [3.63, 3.8) is 0 Å². The second-order valence-electron chi connectivity index (χ2n) is 8.27. The molecule has 160 valence electrons. The van der Waals surface area contributed by atoms with Gasteiger partial charge in [0, 0.05) is 37.7 Å². The van der Waals surface area contributed by atoms with Crippen LogP contribution in [0.3, 0.4) is 0 Å². The molecule has 2 amide bonds. The summed E-state index contributed by atoms with van der Waals surface area (Å²) >= 11 is 6.24. The molecule has 1 saturated heterocycles. The number of carbonyl (C=O) groups is 2. The van der Waals surface area contributed by atoms with Crippen molar-refractivity contribution in [2.75, 3.05) is 20.1 Å². The Morgan fingerprint density at radius 1 is 1.16 bits per heavy atom. The summed E-state index contributed by atoms with van der Waals surface area (Å²) in [5, 5.41) is 8.14. The predicted molar refractivity (Wildman–Crippen MR) is 116 cm³/mol. The van der Waals surface area contributed by atoms with Gasteiger partial charge in [0.2, 0.25) is 0 Å². The molecule has 1 aromatic carbocycles. The molecule has 2 aliphatic rings. The van der Waals surface area contributed by atoms with Gasteiger partial charge < -0.3 is 14.7 Å². The summed E-state index contributed by atoms with van der Waals surface area (Å²) in [7, 11) is 1.61. The molecule has 2 aromatic heterocycles. The van der Waals surface area contributed by atoms with Crippen LogP contribution in [0.15, 0.2) is 34.9 Å². The summed E-state index contributed by atoms with van der Waals surface area (Å²) < 4.78 is 5.59. The Hall–Kier alpha value is -2.93. The zero-order valence-corrected chi connectivity index (χ0v) is 18.0. The van der Waals surface area contributed by atoms with E-state index in [4.69, 9.17) is 16.1 Å². The molecule has 0 bridgehead atoms.